The minimum absolute atomic E-state index is 0.00792. The van der Waals surface area contributed by atoms with Crippen molar-refractivity contribution in [2.75, 3.05) is 11.9 Å². The number of ether oxygens (including phenoxy) is 1. The van der Waals surface area contributed by atoms with E-state index in [2.05, 4.69) is 5.32 Å². The first-order valence-corrected chi connectivity index (χ1v) is 6.03. The zero-order valence-electron chi connectivity index (χ0n) is 10.8. The van der Waals surface area contributed by atoms with Gasteiger partial charge in [-0.1, -0.05) is 12.1 Å². The van der Waals surface area contributed by atoms with E-state index in [1.807, 2.05) is 0 Å². The number of anilines is 1. The first-order chi connectivity index (χ1) is 10.0. The summed E-state index contributed by atoms with van der Waals surface area (Å²) in [5.74, 6) is -2.51. The molecule has 0 aliphatic rings. The molecule has 0 atom stereocenters. The van der Waals surface area contributed by atoms with Crippen LogP contribution in [0.5, 0.6) is 0 Å². The molecule has 1 amide bonds. The highest BCUT2D eigenvalue weighted by Gasteiger charge is 2.11. The van der Waals surface area contributed by atoms with E-state index in [0.29, 0.717) is 0 Å². The normalized spacial score (nSPS) is 10.0. The quantitative estimate of drug-likeness (QED) is 0.881. The van der Waals surface area contributed by atoms with Crippen LogP contribution < -0.4 is 5.32 Å². The Morgan fingerprint density at radius 1 is 1.00 bits per heavy atom. The number of carbonyl (C=O) groups excluding carboxylic acids is 2. The smallest absolute Gasteiger partial charge is 0.338 e. The molecule has 6 heteroatoms. The number of halogens is 2. The van der Waals surface area contributed by atoms with Crippen molar-refractivity contribution in [2.45, 2.75) is 0 Å². The molecule has 0 bridgehead atoms. The minimum atomic E-state index is -0.816. The molecule has 21 heavy (non-hydrogen) atoms. The average molecular weight is 291 g/mol. The van der Waals surface area contributed by atoms with Gasteiger partial charge in [0, 0.05) is 5.69 Å². The van der Waals surface area contributed by atoms with E-state index in [1.54, 1.807) is 0 Å². The van der Waals surface area contributed by atoms with E-state index in [4.69, 9.17) is 4.74 Å². The highest BCUT2D eigenvalue weighted by molar-refractivity contribution is 5.95. The molecule has 2 aromatic carbocycles. The third-order valence-electron chi connectivity index (χ3n) is 2.50. The van der Waals surface area contributed by atoms with Gasteiger partial charge in [-0.2, -0.15) is 0 Å². The zero-order chi connectivity index (χ0) is 15.2. The monoisotopic (exact) mass is 291 g/mol. The summed E-state index contributed by atoms with van der Waals surface area (Å²) in [6, 6.07) is 10.2. The van der Waals surface area contributed by atoms with Gasteiger partial charge in [0.1, 0.15) is 11.6 Å². The summed E-state index contributed by atoms with van der Waals surface area (Å²) in [5.41, 5.74) is 0.260. The second kappa shape index (κ2) is 6.60. The van der Waals surface area contributed by atoms with E-state index >= 15 is 0 Å². The lowest BCUT2D eigenvalue weighted by atomic mass is 10.2. The predicted octanol–water partition coefficient (Wildman–Crippen LogP) is 2.76. The maximum absolute atomic E-state index is 12.9. The Balaban J connectivity index is 1.88. The average Bonchev–Trinajstić information content (AvgIpc) is 2.45. The van der Waals surface area contributed by atoms with Crippen LogP contribution in [0.3, 0.4) is 0 Å². The molecule has 2 aromatic rings. The molecule has 4 nitrogen and oxygen atoms in total. The van der Waals surface area contributed by atoms with Crippen LogP contribution in [0.2, 0.25) is 0 Å². The van der Waals surface area contributed by atoms with Crippen molar-refractivity contribution >= 4 is 17.6 Å². The van der Waals surface area contributed by atoms with Crippen LogP contribution in [-0.2, 0) is 9.53 Å². The highest BCUT2D eigenvalue weighted by Crippen LogP contribution is 2.09. The van der Waals surface area contributed by atoms with Crippen molar-refractivity contribution in [1.82, 2.24) is 0 Å². The molecule has 0 aliphatic carbocycles. The van der Waals surface area contributed by atoms with Crippen LogP contribution >= 0.6 is 0 Å². The van der Waals surface area contributed by atoms with Crippen molar-refractivity contribution in [3.63, 3.8) is 0 Å². The number of hydrogen-bond acceptors (Lipinski definition) is 3. The van der Waals surface area contributed by atoms with Gasteiger partial charge in [-0.25, -0.2) is 13.6 Å². The van der Waals surface area contributed by atoms with Crippen molar-refractivity contribution in [1.29, 1.82) is 0 Å². The molecule has 0 heterocycles. The molecule has 0 radical (unpaired) electrons. The number of amides is 1. The third kappa shape index (κ3) is 4.38. The van der Waals surface area contributed by atoms with Gasteiger partial charge in [-0.15, -0.1) is 0 Å². The summed E-state index contributed by atoms with van der Waals surface area (Å²) < 4.78 is 30.6. The molecule has 0 unspecified atom stereocenters. The van der Waals surface area contributed by atoms with Gasteiger partial charge in [0.2, 0.25) is 0 Å². The largest absolute Gasteiger partial charge is 0.452 e. The predicted molar refractivity (Wildman–Crippen MR) is 71.7 cm³/mol. The lowest BCUT2D eigenvalue weighted by Crippen LogP contribution is -2.21. The van der Waals surface area contributed by atoms with Crippen LogP contribution in [0.4, 0.5) is 14.5 Å². The molecule has 1 N–H and O–H groups in total. The zero-order valence-corrected chi connectivity index (χ0v) is 10.8. The fourth-order valence-corrected chi connectivity index (χ4v) is 1.59. The second-order valence-corrected chi connectivity index (χ2v) is 4.15. The Morgan fingerprint density at radius 2 is 1.67 bits per heavy atom. The van der Waals surface area contributed by atoms with E-state index < -0.39 is 30.1 Å². The summed E-state index contributed by atoms with van der Waals surface area (Å²) in [5, 5.41) is 2.37. The Hall–Kier alpha value is -2.76. The molecule has 0 spiro atoms. The van der Waals surface area contributed by atoms with Crippen molar-refractivity contribution in [3.05, 3.63) is 65.7 Å². The molecule has 0 saturated heterocycles. The van der Waals surface area contributed by atoms with Crippen LogP contribution in [0.15, 0.2) is 48.5 Å². The van der Waals surface area contributed by atoms with Crippen LogP contribution in [0.25, 0.3) is 0 Å². The van der Waals surface area contributed by atoms with Gasteiger partial charge < -0.3 is 10.1 Å². The number of hydrogen-bond donors (Lipinski definition) is 1. The van der Waals surface area contributed by atoms with E-state index in [-0.39, 0.29) is 11.3 Å². The summed E-state index contributed by atoms with van der Waals surface area (Å²) in [6.07, 6.45) is 0. The Bertz CT molecular complexity index is 673. The standard InChI is InChI=1S/C15H11F2NO3/c16-11-4-1-3-10(7-11)15(20)21-9-14(19)18-13-6-2-5-12(17)8-13/h1-8H,9H2,(H,18,19). The summed E-state index contributed by atoms with van der Waals surface area (Å²) in [6.45, 7) is -0.550. The van der Waals surface area contributed by atoms with Gasteiger partial charge in [-0.3, -0.25) is 4.79 Å². The maximum Gasteiger partial charge on any atom is 0.338 e. The van der Waals surface area contributed by atoms with Crippen LogP contribution in [0.1, 0.15) is 10.4 Å². The van der Waals surface area contributed by atoms with E-state index in [9.17, 15) is 18.4 Å². The van der Waals surface area contributed by atoms with Crippen molar-refractivity contribution in [2.24, 2.45) is 0 Å². The van der Waals surface area contributed by atoms with Gasteiger partial charge in [0.25, 0.3) is 5.91 Å². The fourth-order valence-electron chi connectivity index (χ4n) is 1.59. The lowest BCUT2D eigenvalue weighted by Gasteiger charge is -2.06. The maximum atomic E-state index is 12.9. The van der Waals surface area contributed by atoms with Crippen molar-refractivity contribution in [3.8, 4) is 0 Å². The Labute approximate surface area is 119 Å². The first kappa shape index (κ1) is 14.6. The summed E-state index contributed by atoms with van der Waals surface area (Å²) in [7, 11) is 0. The molecule has 0 aromatic heterocycles. The molecule has 0 fully saturated rings. The number of nitrogens with one attached hydrogen (secondary N) is 1. The molecule has 108 valence electrons. The fraction of sp³-hybridized carbons (Fsp3) is 0.0667. The van der Waals surface area contributed by atoms with Crippen LogP contribution in [0, 0.1) is 11.6 Å². The molecule has 2 rings (SSSR count). The number of esters is 1. The minimum Gasteiger partial charge on any atom is -0.452 e. The first-order valence-electron chi connectivity index (χ1n) is 6.03. The molecular weight excluding hydrogens is 280 g/mol. The number of rotatable bonds is 4. The van der Waals surface area contributed by atoms with Gasteiger partial charge in [0.15, 0.2) is 6.61 Å². The lowest BCUT2D eigenvalue weighted by molar-refractivity contribution is -0.119. The highest BCUT2D eigenvalue weighted by atomic mass is 19.1. The van der Waals surface area contributed by atoms with E-state index in [1.165, 1.54) is 36.4 Å². The summed E-state index contributed by atoms with van der Waals surface area (Å²) in [4.78, 5) is 23.1. The summed E-state index contributed by atoms with van der Waals surface area (Å²) >= 11 is 0. The van der Waals surface area contributed by atoms with Crippen LogP contribution in [-0.4, -0.2) is 18.5 Å². The third-order valence-corrected chi connectivity index (χ3v) is 2.50. The van der Waals surface area contributed by atoms with Gasteiger partial charge in [-0.05, 0) is 36.4 Å². The number of benzene rings is 2. The second-order valence-electron chi connectivity index (χ2n) is 4.15. The van der Waals surface area contributed by atoms with Crippen molar-refractivity contribution < 1.29 is 23.1 Å². The molecular formula is C15H11F2NO3. The van der Waals surface area contributed by atoms with Gasteiger partial charge >= 0.3 is 5.97 Å². The van der Waals surface area contributed by atoms with E-state index in [0.717, 1.165) is 12.1 Å². The molecule has 0 aliphatic heterocycles. The number of carbonyl (C=O) groups is 2. The Morgan fingerprint density at radius 3 is 2.33 bits per heavy atom. The Kier molecular flexibility index (Phi) is 4.61. The van der Waals surface area contributed by atoms with Gasteiger partial charge in [0.05, 0.1) is 5.56 Å². The SMILES string of the molecule is O=C(COC(=O)c1cccc(F)c1)Nc1cccc(F)c1. The topological polar surface area (TPSA) is 55.4 Å². The molecule has 0 saturated carbocycles.